The number of ether oxygens (including phenoxy) is 1. The minimum absolute atomic E-state index is 0.0902. The highest BCUT2D eigenvalue weighted by atomic mass is 16.5. The summed E-state index contributed by atoms with van der Waals surface area (Å²) in [6.45, 7) is 0. The molecule has 1 aromatic heterocycles. The van der Waals surface area contributed by atoms with Gasteiger partial charge in [-0.15, -0.1) is 0 Å². The number of nitrogens with one attached hydrogen (secondary N) is 1. The number of hydrogen-bond acceptors (Lipinski definition) is 4. The van der Waals surface area contributed by atoms with Gasteiger partial charge in [-0.3, -0.25) is 4.79 Å². The number of carbonyl (C=O) groups is 1. The molecule has 0 radical (unpaired) electrons. The topological polar surface area (TPSA) is 64.1 Å². The highest BCUT2D eigenvalue weighted by Crippen LogP contribution is 2.28. The quantitative estimate of drug-likeness (QED) is 0.444. The third kappa shape index (κ3) is 5.14. The van der Waals surface area contributed by atoms with Crippen LogP contribution in [-0.2, 0) is 11.2 Å². The number of benzene rings is 3. The van der Waals surface area contributed by atoms with E-state index in [1.54, 1.807) is 13.3 Å². The Labute approximate surface area is 181 Å². The number of rotatable bonds is 7. The molecule has 0 bridgehead atoms. The van der Waals surface area contributed by atoms with Crippen molar-refractivity contribution in [2.45, 2.75) is 12.8 Å². The third-order valence-electron chi connectivity index (χ3n) is 4.95. The Morgan fingerprint density at radius 3 is 2.23 bits per heavy atom. The number of amides is 1. The van der Waals surface area contributed by atoms with Crippen LogP contribution < -0.4 is 10.1 Å². The Balaban J connectivity index is 1.59. The van der Waals surface area contributed by atoms with Crippen LogP contribution in [0.3, 0.4) is 0 Å². The first-order chi connectivity index (χ1) is 15.2. The fourth-order valence-corrected chi connectivity index (χ4v) is 3.28. The van der Waals surface area contributed by atoms with Crippen molar-refractivity contribution >= 4 is 11.7 Å². The smallest absolute Gasteiger partial charge is 0.225 e. The normalized spacial score (nSPS) is 10.5. The van der Waals surface area contributed by atoms with Gasteiger partial charge < -0.3 is 10.1 Å². The summed E-state index contributed by atoms with van der Waals surface area (Å²) in [6, 6.07) is 27.4. The molecule has 31 heavy (non-hydrogen) atoms. The highest BCUT2D eigenvalue weighted by Gasteiger charge is 2.14. The number of aromatic nitrogens is 2. The van der Waals surface area contributed by atoms with Crippen molar-refractivity contribution in [1.29, 1.82) is 0 Å². The summed E-state index contributed by atoms with van der Waals surface area (Å²) in [6.07, 6.45) is 2.73. The van der Waals surface area contributed by atoms with Gasteiger partial charge in [0.05, 0.1) is 19.0 Å². The van der Waals surface area contributed by atoms with Gasteiger partial charge in [0.1, 0.15) is 11.4 Å². The van der Waals surface area contributed by atoms with Crippen LogP contribution in [0.5, 0.6) is 5.75 Å². The van der Waals surface area contributed by atoms with Gasteiger partial charge in [0.15, 0.2) is 5.82 Å². The van der Waals surface area contributed by atoms with Gasteiger partial charge in [-0.25, -0.2) is 9.97 Å². The summed E-state index contributed by atoms with van der Waals surface area (Å²) < 4.78 is 5.23. The lowest BCUT2D eigenvalue weighted by atomic mass is 10.1. The van der Waals surface area contributed by atoms with E-state index in [0.717, 1.165) is 28.1 Å². The SMILES string of the molecule is COc1ccc(-c2cnc(NC(=O)CCc3ccccc3)c(-c3ccccc3)n2)cc1. The van der Waals surface area contributed by atoms with E-state index >= 15 is 0 Å². The maximum absolute atomic E-state index is 12.6. The Hall–Kier alpha value is -3.99. The van der Waals surface area contributed by atoms with Crippen LogP contribution in [-0.4, -0.2) is 23.0 Å². The van der Waals surface area contributed by atoms with E-state index in [0.29, 0.717) is 24.4 Å². The molecule has 1 amide bonds. The van der Waals surface area contributed by atoms with Crippen molar-refractivity contribution < 1.29 is 9.53 Å². The average Bonchev–Trinajstić information content (AvgIpc) is 2.84. The second kappa shape index (κ2) is 9.67. The molecule has 154 valence electrons. The van der Waals surface area contributed by atoms with E-state index in [9.17, 15) is 4.79 Å². The van der Waals surface area contributed by atoms with Crippen molar-refractivity contribution in [2.24, 2.45) is 0 Å². The fraction of sp³-hybridized carbons (Fsp3) is 0.115. The monoisotopic (exact) mass is 409 g/mol. The van der Waals surface area contributed by atoms with Gasteiger partial charge in [0.25, 0.3) is 0 Å². The molecule has 0 saturated carbocycles. The van der Waals surface area contributed by atoms with E-state index in [4.69, 9.17) is 9.72 Å². The molecule has 0 saturated heterocycles. The van der Waals surface area contributed by atoms with Crippen LogP contribution >= 0.6 is 0 Å². The van der Waals surface area contributed by atoms with Gasteiger partial charge in [-0.1, -0.05) is 60.7 Å². The molecular weight excluding hydrogens is 386 g/mol. The molecule has 5 nitrogen and oxygen atoms in total. The first kappa shape index (κ1) is 20.3. The van der Waals surface area contributed by atoms with Crippen LogP contribution in [0, 0.1) is 0 Å². The number of anilines is 1. The lowest BCUT2D eigenvalue weighted by Crippen LogP contribution is -2.15. The van der Waals surface area contributed by atoms with Crippen molar-refractivity contribution in [2.75, 3.05) is 12.4 Å². The average molecular weight is 409 g/mol. The Bertz CT molecular complexity index is 1140. The maximum Gasteiger partial charge on any atom is 0.225 e. The highest BCUT2D eigenvalue weighted by molar-refractivity contribution is 5.93. The number of carbonyl (C=O) groups excluding carboxylic acids is 1. The molecule has 1 heterocycles. The van der Waals surface area contributed by atoms with Crippen molar-refractivity contribution in [3.63, 3.8) is 0 Å². The van der Waals surface area contributed by atoms with Gasteiger partial charge in [-0.2, -0.15) is 0 Å². The second-order valence-electron chi connectivity index (χ2n) is 7.08. The third-order valence-corrected chi connectivity index (χ3v) is 4.95. The van der Waals surface area contributed by atoms with E-state index in [-0.39, 0.29) is 5.91 Å². The first-order valence-corrected chi connectivity index (χ1v) is 10.1. The lowest BCUT2D eigenvalue weighted by molar-refractivity contribution is -0.116. The molecule has 0 aliphatic heterocycles. The lowest BCUT2D eigenvalue weighted by Gasteiger charge is -2.12. The molecule has 0 fully saturated rings. The first-order valence-electron chi connectivity index (χ1n) is 10.1. The zero-order valence-corrected chi connectivity index (χ0v) is 17.3. The van der Waals surface area contributed by atoms with Gasteiger partial charge in [0, 0.05) is 17.5 Å². The van der Waals surface area contributed by atoms with Gasteiger partial charge in [-0.05, 0) is 36.2 Å². The van der Waals surface area contributed by atoms with Crippen LogP contribution in [0.15, 0.2) is 91.1 Å². The number of aryl methyl sites for hydroxylation is 1. The van der Waals surface area contributed by atoms with E-state index in [1.165, 1.54) is 0 Å². The fourth-order valence-electron chi connectivity index (χ4n) is 3.28. The molecule has 0 atom stereocenters. The molecule has 0 aliphatic carbocycles. The summed E-state index contributed by atoms with van der Waals surface area (Å²) >= 11 is 0. The molecule has 0 unspecified atom stereocenters. The minimum atomic E-state index is -0.0902. The largest absolute Gasteiger partial charge is 0.497 e. The zero-order chi connectivity index (χ0) is 21.5. The number of nitrogens with zero attached hydrogens (tertiary/aromatic N) is 2. The van der Waals surface area contributed by atoms with E-state index < -0.39 is 0 Å². The van der Waals surface area contributed by atoms with Crippen molar-refractivity contribution in [3.05, 3.63) is 96.7 Å². The van der Waals surface area contributed by atoms with Crippen LogP contribution in [0.25, 0.3) is 22.5 Å². The summed E-state index contributed by atoms with van der Waals surface area (Å²) in [4.78, 5) is 22.0. The summed E-state index contributed by atoms with van der Waals surface area (Å²) in [7, 11) is 1.64. The minimum Gasteiger partial charge on any atom is -0.497 e. The molecule has 1 N–H and O–H groups in total. The van der Waals surface area contributed by atoms with Crippen LogP contribution in [0.4, 0.5) is 5.82 Å². The maximum atomic E-state index is 12.6. The van der Waals surface area contributed by atoms with Crippen LogP contribution in [0.1, 0.15) is 12.0 Å². The summed E-state index contributed by atoms with van der Waals surface area (Å²) in [5.41, 5.74) is 4.31. The summed E-state index contributed by atoms with van der Waals surface area (Å²) in [5, 5.41) is 2.94. The van der Waals surface area contributed by atoms with Gasteiger partial charge >= 0.3 is 0 Å². The Morgan fingerprint density at radius 1 is 0.871 bits per heavy atom. The molecule has 5 heteroatoms. The van der Waals surface area contributed by atoms with E-state index in [2.05, 4.69) is 10.3 Å². The summed E-state index contributed by atoms with van der Waals surface area (Å²) in [5.74, 6) is 1.15. The standard InChI is InChI=1S/C26H23N3O2/c1-31-22-15-13-20(14-16-22)23-18-27-26(25(28-23)21-10-6-3-7-11-21)29-24(30)17-12-19-8-4-2-5-9-19/h2-11,13-16,18H,12,17H2,1H3,(H,27,29,30). The Kier molecular flexibility index (Phi) is 6.33. The van der Waals surface area contributed by atoms with Gasteiger partial charge in [0.2, 0.25) is 5.91 Å². The van der Waals surface area contributed by atoms with Crippen molar-refractivity contribution in [3.8, 4) is 28.3 Å². The predicted octanol–water partition coefficient (Wildman–Crippen LogP) is 5.39. The predicted molar refractivity (Wildman–Crippen MR) is 123 cm³/mol. The molecule has 4 aromatic rings. The molecule has 0 aliphatic rings. The van der Waals surface area contributed by atoms with Crippen LogP contribution in [0.2, 0.25) is 0 Å². The molecular formula is C26H23N3O2. The zero-order valence-electron chi connectivity index (χ0n) is 17.3. The molecule has 4 rings (SSSR count). The van der Waals surface area contributed by atoms with Crippen molar-refractivity contribution in [1.82, 2.24) is 9.97 Å². The molecule has 3 aromatic carbocycles. The van der Waals surface area contributed by atoms with E-state index in [1.807, 2.05) is 84.9 Å². The Morgan fingerprint density at radius 2 is 1.55 bits per heavy atom. The molecule has 0 spiro atoms. The number of hydrogen-bond donors (Lipinski definition) is 1. The second-order valence-corrected chi connectivity index (χ2v) is 7.08. The number of methoxy groups -OCH3 is 1.